The molecule has 6 nitrogen and oxygen atoms in total. The van der Waals surface area contributed by atoms with Crippen LogP contribution in [-0.2, 0) is 4.74 Å². The second-order valence-corrected chi connectivity index (χ2v) is 5.58. The van der Waals surface area contributed by atoms with Gasteiger partial charge in [0.1, 0.15) is 5.82 Å². The number of nitrogens with two attached hydrogens (primary N) is 1. The number of carbonyl (C=O) groups excluding carboxylic acids is 1. The summed E-state index contributed by atoms with van der Waals surface area (Å²) >= 11 is 0. The van der Waals surface area contributed by atoms with Crippen LogP contribution in [0.3, 0.4) is 0 Å². The summed E-state index contributed by atoms with van der Waals surface area (Å²) in [5, 5.41) is 3.10. The molecule has 3 N–H and O–H groups in total. The molecule has 0 radical (unpaired) electrons. The van der Waals surface area contributed by atoms with Crippen molar-refractivity contribution in [2.24, 2.45) is 5.73 Å². The van der Waals surface area contributed by atoms with Crippen LogP contribution in [0.15, 0.2) is 18.2 Å². The van der Waals surface area contributed by atoms with Gasteiger partial charge < -0.3 is 19.9 Å². The summed E-state index contributed by atoms with van der Waals surface area (Å²) < 4.78 is 18.3. The molecule has 1 fully saturated rings. The lowest BCUT2D eigenvalue weighted by atomic mass is 10.0. The van der Waals surface area contributed by atoms with E-state index in [1.54, 1.807) is 17.9 Å². The summed E-state index contributed by atoms with van der Waals surface area (Å²) in [6.07, 6.45) is 0.999. The van der Waals surface area contributed by atoms with Crippen molar-refractivity contribution in [3.8, 4) is 0 Å². The van der Waals surface area contributed by atoms with Crippen molar-refractivity contribution in [2.45, 2.75) is 32.1 Å². The molecule has 1 atom stereocenters. The van der Waals surface area contributed by atoms with Gasteiger partial charge in [0.2, 0.25) is 0 Å². The van der Waals surface area contributed by atoms with E-state index in [9.17, 15) is 9.18 Å². The fourth-order valence-corrected chi connectivity index (χ4v) is 3.19. The van der Waals surface area contributed by atoms with Crippen molar-refractivity contribution in [2.75, 3.05) is 29.9 Å². The Morgan fingerprint density at radius 2 is 2.18 bits per heavy atom. The van der Waals surface area contributed by atoms with Crippen LogP contribution in [0, 0.1) is 5.82 Å². The smallest absolute Gasteiger partial charge is 0.409 e. The number of hydrogen-bond donors (Lipinski definition) is 2. The number of halogens is 1. The number of fused-ring (bicyclic) bond motifs is 1. The highest BCUT2D eigenvalue weighted by atomic mass is 19.1. The zero-order valence-corrected chi connectivity index (χ0v) is 12.6. The Bertz CT molecular complexity index is 560. The van der Waals surface area contributed by atoms with Gasteiger partial charge in [-0.3, -0.25) is 5.73 Å². The number of rotatable bonds is 2. The second kappa shape index (κ2) is 6.00. The third-order valence-corrected chi connectivity index (χ3v) is 4.22. The first-order valence-electron chi connectivity index (χ1n) is 7.62. The van der Waals surface area contributed by atoms with Crippen molar-refractivity contribution in [3.63, 3.8) is 0 Å². The van der Waals surface area contributed by atoms with Crippen LogP contribution in [0.25, 0.3) is 0 Å². The van der Waals surface area contributed by atoms with E-state index in [4.69, 9.17) is 10.5 Å². The number of carbonyl (C=O) groups is 1. The van der Waals surface area contributed by atoms with E-state index in [1.807, 2.05) is 0 Å². The third kappa shape index (κ3) is 2.68. The number of benzene rings is 1. The molecule has 7 heteroatoms. The number of ether oxygens (including phenoxy) is 1. The number of likely N-dealkylation sites (tertiary alicyclic amines) is 1. The second-order valence-electron chi connectivity index (χ2n) is 5.58. The lowest BCUT2D eigenvalue weighted by Gasteiger charge is -2.38. The average Bonchev–Trinajstić information content (AvgIpc) is 2.82. The van der Waals surface area contributed by atoms with Crippen molar-refractivity contribution in [3.05, 3.63) is 24.0 Å². The lowest BCUT2D eigenvalue weighted by molar-refractivity contribution is 0.0966. The van der Waals surface area contributed by atoms with E-state index in [1.165, 1.54) is 12.1 Å². The largest absolute Gasteiger partial charge is 0.450 e. The highest BCUT2D eigenvalue weighted by Gasteiger charge is 2.35. The van der Waals surface area contributed by atoms with Crippen molar-refractivity contribution < 1.29 is 13.9 Å². The van der Waals surface area contributed by atoms with Crippen LogP contribution in [0.2, 0.25) is 0 Å². The normalized spacial score (nSPS) is 21.5. The summed E-state index contributed by atoms with van der Waals surface area (Å²) in [6.45, 7) is 3.47. The molecular weight excluding hydrogens is 287 g/mol. The third-order valence-electron chi connectivity index (χ3n) is 4.22. The number of piperidine rings is 1. The summed E-state index contributed by atoms with van der Waals surface area (Å²) in [5.74, 6) is -0.280. The van der Waals surface area contributed by atoms with Gasteiger partial charge in [0.25, 0.3) is 0 Å². The van der Waals surface area contributed by atoms with Crippen molar-refractivity contribution in [1.29, 1.82) is 0 Å². The van der Waals surface area contributed by atoms with Gasteiger partial charge in [-0.15, -0.1) is 0 Å². The van der Waals surface area contributed by atoms with Gasteiger partial charge in [-0.05, 0) is 38.0 Å². The van der Waals surface area contributed by atoms with Gasteiger partial charge in [-0.1, -0.05) is 0 Å². The molecule has 1 aromatic rings. The maximum Gasteiger partial charge on any atom is 0.409 e. The fourth-order valence-electron chi connectivity index (χ4n) is 3.19. The van der Waals surface area contributed by atoms with Gasteiger partial charge in [0, 0.05) is 19.1 Å². The van der Waals surface area contributed by atoms with Crippen LogP contribution < -0.4 is 16.0 Å². The van der Waals surface area contributed by atoms with Crippen LogP contribution in [0.5, 0.6) is 0 Å². The highest BCUT2D eigenvalue weighted by Crippen LogP contribution is 2.37. The minimum Gasteiger partial charge on any atom is -0.450 e. The first-order valence-corrected chi connectivity index (χ1v) is 7.62. The average molecular weight is 308 g/mol. The molecule has 0 aliphatic carbocycles. The first-order chi connectivity index (χ1) is 10.6. The van der Waals surface area contributed by atoms with Gasteiger partial charge in [0.15, 0.2) is 6.29 Å². The van der Waals surface area contributed by atoms with Gasteiger partial charge in [0.05, 0.1) is 18.0 Å². The fraction of sp³-hybridized carbons (Fsp3) is 0.533. The monoisotopic (exact) mass is 308 g/mol. The molecule has 2 aliphatic heterocycles. The predicted octanol–water partition coefficient (Wildman–Crippen LogP) is 1.92. The van der Waals surface area contributed by atoms with Gasteiger partial charge in [-0.25, -0.2) is 9.18 Å². The molecule has 0 bridgehead atoms. The molecule has 120 valence electrons. The molecule has 0 spiro atoms. The first kappa shape index (κ1) is 14.9. The van der Waals surface area contributed by atoms with Gasteiger partial charge >= 0.3 is 6.09 Å². The van der Waals surface area contributed by atoms with E-state index in [2.05, 4.69) is 10.2 Å². The number of hydrogen-bond acceptors (Lipinski definition) is 5. The summed E-state index contributed by atoms with van der Waals surface area (Å²) in [7, 11) is 0. The zero-order chi connectivity index (χ0) is 15.7. The number of nitrogens with one attached hydrogen (secondary N) is 1. The van der Waals surface area contributed by atoms with Crippen molar-refractivity contribution >= 4 is 17.5 Å². The molecule has 1 amide bonds. The van der Waals surface area contributed by atoms with E-state index in [0.717, 1.165) is 24.2 Å². The highest BCUT2D eigenvalue weighted by molar-refractivity contribution is 5.76. The van der Waals surface area contributed by atoms with E-state index in [0.29, 0.717) is 19.7 Å². The Morgan fingerprint density at radius 3 is 2.86 bits per heavy atom. The topological polar surface area (TPSA) is 70.8 Å². The molecule has 2 aliphatic rings. The number of amides is 1. The molecule has 3 rings (SSSR count). The number of nitrogens with zero attached hydrogens (tertiary/aromatic N) is 2. The predicted molar refractivity (Wildman–Crippen MR) is 82.1 cm³/mol. The van der Waals surface area contributed by atoms with Crippen LogP contribution in [-0.4, -0.2) is 43.0 Å². The summed E-state index contributed by atoms with van der Waals surface area (Å²) in [4.78, 5) is 15.5. The van der Waals surface area contributed by atoms with E-state index < -0.39 is 0 Å². The quantitative estimate of drug-likeness (QED) is 0.873. The molecular formula is C15H21FN4O2. The minimum atomic E-state index is -0.365. The Hall–Kier alpha value is -2.02. The minimum absolute atomic E-state index is 0.222. The van der Waals surface area contributed by atoms with Crippen LogP contribution in [0.1, 0.15) is 19.8 Å². The zero-order valence-electron chi connectivity index (χ0n) is 12.6. The maximum absolute atomic E-state index is 13.3. The molecule has 0 saturated carbocycles. The Balaban J connectivity index is 1.68. The number of anilines is 2. The molecule has 0 aromatic heterocycles. The van der Waals surface area contributed by atoms with Gasteiger partial charge in [-0.2, -0.15) is 0 Å². The molecule has 1 aromatic carbocycles. The SMILES string of the molecule is CCOC(=O)N1CCC(N2c3ccc(F)cc3NC2N)CC1. The molecule has 22 heavy (non-hydrogen) atoms. The van der Waals surface area contributed by atoms with Crippen molar-refractivity contribution in [1.82, 2.24) is 4.90 Å². The molecule has 1 saturated heterocycles. The Kier molecular flexibility index (Phi) is 4.06. The van der Waals surface area contributed by atoms with E-state index >= 15 is 0 Å². The maximum atomic E-state index is 13.3. The van der Waals surface area contributed by atoms with Crippen LogP contribution >= 0.6 is 0 Å². The molecule has 1 unspecified atom stereocenters. The van der Waals surface area contributed by atoms with Crippen LogP contribution in [0.4, 0.5) is 20.6 Å². The summed E-state index contributed by atoms with van der Waals surface area (Å²) in [6, 6.07) is 4.88. The standard InChI is InChI=1S/C15H21FN4O2/c1-2-22-15(21)19-7-5-11(6-8-19)20-13-4-3-10(16)9-12(13)18-14(20)17/h3-4,9,11,14,18H,2,5-8,17H2,1H3. The van der Waals surface area contributed by atoms with E-state index in [-0.39, 0.29) is 24.2 Å². The summed E-state index contributed by atoms with van der Waals surface area (Å²) in [5.41, 5.74) is 7.78. The Labute approximate surface area is 129 Å². The lowest BCUT2D eigenvalue weighted by Crippen LogP contribution is -2.53. The Morgan fingerprint density at radius 1 is 1.45 bits per heavy atom. The molecule has 2 heterocycles.